The maximum atomic E-state index is 12.1. The summed E-state index contributed by atoms with van der Waals surface area (Å²) in [5, 5.41) is 20.7. The van der Waals surface area contributed by atoms with Gasteiger partial charge in [-0.15, -0.1) is 0 Å². The normalized spacial score (nSPS) is 21.2. The number of amides is 1. The first kappa shape index (κ1) is 14.3. The molecule has 104 valence electrons. The molecule has 1 fully saturated rings. The zero-order chi connectivity index (χ0) is 14.8. The van der Waals surface area contributed by atoms with Gasteiger partial charge in [0.1, 0.15) is 17.3 Å². The third-order valence-electron chi connectivity index (χ3n) is 3.22. The number of carbonyl (C=O) groups excluding carboxylic acids is 1. The van der Waals surface area contributed by atoms with Crippen LogP contribution in [-0.2, 0) is 4.79 Å². The Kier molecular flexibility index (Phi) is 3.95. The molecule has 1 aromatic heterocycles. The molecule has 2 N–H and O–H groups in total. The van der Waals surface area contributed by atoms with Crippen molar-refractivity contribution in [3.63, 3.8) is 0 Å². The van der Waals surface area contributed by atoms with E-state index in [0.717, 1.165) is 0 Å². The molecule has 0 aromatic carbocycles. The number of aromatic nitrogens is 1. The summed E-state index contributed by atoms with van der Waals surface area (Å²) in [7, 11) is 0. The SMILES string of the molecule is Cc1nc(C(=O)NC2(C(=O)O)CCSC2)ccc1C#N. The van der Waals surface area contributed by atoms with Gasteiger partial charge in [-0.1, -0.05) is 0 Å². The van der Waals surface area contributed by atoms with Gasteiger partial charge in [0.2, 0.25) is 0 Å². The maximum absolute atomic E-state index is 12.1. The number of carboxylic acids is 1. The number of aryl methyl sites for hydroxylation is 1. The average Bonchev–Trinajstić information content (AvgIpc) is 2.88. The monoisotopic (exact) mass is 291 g/mol. The van der Waals surface area contributed by atoms with Crippen molar-refractivity contribution in [3.8, 4) is 6.07 Å². The van der Waals surface area contributed by atoms with Crippen LogP contribution in [0.5, 0.6) is 0 Å². The average molecular weight is 291 g/mol. The molecule has 0 radical (unpaired) electrons. The number of hydrogen-bond donors (Lipinski definition) is 2. The van der Waals surface area contributed by atoms with E-state index < -0.39 is 17.4 Å². The molecule has 0 aliphatic carbocycles. The predicted molar refractivity (Wildman–Crippen MR) is 73.5 cm³/mol. The van der Waals surface area contributed by atoms with Crippen molar-refractivity contribution in [2.24, 2.45) is 0 Å². The lowest BCUT2D eigenvalue weighted by Gasteiger charge is -2.24. The molecule has 1 amide bonds. The predicted octanol–water partition coefficient (Wildman–Crippen LogP) is 0.952. The highest BCUT2D eigenvalue weighted by molar-refractivity contribution is 7.99. The van der Waals surface area contributed by atoms with E-state index >= 15 is 0 Å². The Labute approximate surface area is 120 Å². The van der Waals surface area contributed by atoms with Crippen LogP contribution in [0.25, 0.3) is 0 Å². The second kappa shape index (κ2) is 5.51. The first-order chi connectivity index (χ1) is 9.48. The van der Waals surface area contributed by atoms with E-state index in [-0.39, 0.29) is 5.69 Å². The van der Waals surface area contributed by atoms with Gasteiger partial charge in [0.25, 0.3) is 5.91 Å². The fourth-order valence-corrected chi connectivity index (χ4v) is 3.30. The fourth-order valence-electron chi connectivity index (χ4n) is 1.97. The van der Waals surface area contributed by atoms with E-state index in [0.29, 0.717) is 29.2 Å². The van der Waals surface area contributed by atoms with Crippen molar-refractivity contribution in [1.29, 1.82) is 5.26 Å². The highest BCUT2D eigenvalue weighted by Gasteiger charge is 2.43. The Balaban J connectivity index is 2.22. The third kappa shape index (κ3) is 2.60. The number of carbonyl (C=O) groups is 2. The molecule has 1 aliphatic heterocycles. The van der Waals surface area contributed by atoms with Gasteiger partial charge in [0.05, 0.1) is 11.3 Å². The van der Waals surface area contributed by atoms with Gasteiger partial charge in [0, 0.05) is 5.75 Å². The molecule has 1 aromatic rings. The van der Waals surface area contributed by atoms with Gasteiger partial charge in [0.15, 0.2) is 0 Å². The second-order valence-corrected chi connectivity index (χ2v) is 5.69. The van der Waals surface area contributed by atoms with Crippen molar-refractivity contribution in [2.45, 2.75) is 18.9 Å². The van der Waals surface area contributed by atoms with Crippen LogP contribution in [-0.4, -0.2) is 39.0 Å². The van der Waals surface area contributed by atoms with Crippen LogP contribution in [0.2, 0.25) is 0 Å². The molecular weight excluding hydrogens is 278 g/mol. The molecule has 0 bridgehead atoms. The van der Waals surface area contributed by atoms with Gasteiger partial charge < -0.3 is 10.4 Å². The first-order valence-electron chi connectivity index (χ1n) is 6.00. The van der Waals surface area contributed by atoms with E-state index in [1.807, 2.05) is 6.07 Å². The second-order valence-electron chi connectivity index (χ2n) is 4.59. The standard InChI is InChI=1S/C13H13N3O3S/c1-8-9(6-14)2-3-10(15-8)11(17)16-13(12(18)19)4-5-20-7-13/h2-3H,4-5,7H2,1H3,(H,16,17)(H,18,19). The summed E-state index contributed by atoms with van der Waals surface area (Å²) in [6.07, 6.45) is 0.397. The van der Waals surface area contributed by atoms with Crippen LogP contribution in [0, 0.1) is 18.3 Å². The summed E-state index contributed by atoms with van der Waals surface area (Å²) in [6.45, 7) is 1.63. The topological polar surface area (TPSA) is 103 Å². The number of thioether (sulfide) groups is 1. The minimum Gasteiger partial charge on any atom is -0.479 e. The molecule has 1 unspecified atom stereocenters. The lowest BCUT2D eigenvalue weighted by Crippen LogP contribution is -2.54. The van der Waals surface area contributed by atoms with Crippen molar-refractivity contribution < 1.29 is 14.7 Å². The highest BCUT2D eigenvalue weighted by atomic mass is 32.2. The Morgan fingerprint density at radius 3 is 2.80 bits per heavy atom. The minimum absolute atomic E-state index is 0.124. The molecular formula is C13H13N3O3S. The van der Waals surface area contributed by atoms with Crippen molar-refractivity contribution >= 4 is 23.6 Å². The summed E-state index contributed by atoms with van der Waals surface area (Å²) in [5.74, 6) is -0.501. The van der Waals surface area contributed by atoms with Crippen LogP contribution < -0.4 is 5.32 Å². The largest absolute Gasteiger partial charge is 0.479 e. The zero-order valence-corrected chi connectivity index (χ0v) is 11.7. The molecule has 2 heterocycles. The maximum Gasteiger partial charge on any atom is 0.330 e. The summed E-state index contributed by atoms with van der Waals surface area (Å²) in [5.41, 5.74) is -0.249. The summed E-state index contributed by atoms with van der Waals surface area (Å²) in [4.78, 5) is 27.5. The van der Waals surface area contributed by atoms with Crippen LogP contribution in [0.1, 0.15) is 28.2 Å². The van der Waals surface area contributed by atoms with Crippen LogP contribution in [0.4, 0.5) is 0 Å². The molecule has 1 saturated heterocycles. The van der Waals surface area contributed by atoms with Gasteiger partial charge >= 0.3 is 5.97 Å². The molecule has 20 heavy (non-hydrogen) atoms. The van der Waals surface area contributed by atoms with E-state index in [1.165, 1.54) is 23.9 Å². The van der Waals surface area contributed by atoms with Crippen molar-refractivity contribution in [1.82, 2.24) is 10.3 Å². The Hall–Kier alpha value is -2.07. The lowest BCUT2D eigenvalue weighted by molar-refractivity contribution is -0.143. The fraction of sp³-hybridized carbons (Fsp3) is 0.385. The number of nitrogens with one attached hydrogen (secondary N) is 1. The molecule has 1 aliphatic rings. The van der Waals surface area contributed by atoms with Gasteiger partial charge in [-0.25, -0.2) is 9.78 Å². The molecule has 7 heteroatoms. The van der Waals surface area contributed by atoms with Crippen molar-refractivity contribution in [2.75, 3.05) is 11.5 Å². The summed E-state index contributed by atoms with van der Waals surface area (Å²) < 4.78 is 0. The third-order valence-corrected chi connectivity index (χ3v) is 4.41. The van der Waals surface area contributed by atoms with Crippen LogP contribution in [0.15, 0.2) is 12.1 Å². The van der Waals surface area contributed by atoms with E-state index in [4.69, 9.17) is 5.26 Å². The number of rotatable bonds is 3. The quantitative estimate of drug-likeness (QED) is 0.859. The Bertz CT molecular complexity index is 603. The summed E-state index contributed by atoms with van der Waals surface area (Å²) >= 11 is 1.50. The molecule has 0 spiro atoms. The number of hydrogen-bond acceptors (Lipinski definition) is 5. The number of aliphatic carboxylic acids is 1. The molecule has 1 atom stereocenters. The molecule has 6 nitrogen and oxygen atoms in total. The zero-order valence-electron chi connectivity index (χ0n) is 10.8. The van der Waals surface area contributed by atoms with Crippen LogP contribution >= 0.6 is 11.8 Å². The number of pyridine rings is 1. The smallest absolute Gasteiger partial charge is 0.330 e. The van der Waals surface area contributed by atoms with Gasteiger partial charge in [-0.2, -0.15) is 17.0 Å². The Morgan fingerprint density at radius 1 is 1.55 bits per heavy atom. The van der Waals surface area contributed by atoms with Crippen molar-refractivity contribution in [3.05, 3.63) is 29.1 Å². The van der Waals surface area contributed by atoms with Gasteiger partial charge in [-0.3, -0.25) is 4.79 Å². The number of carboxylic acid groups (broad SMARTS) is 1. The van der Waals surface area contributed by atoms with Gasteiger partial charge in [-0.05, 0) is 31.2 Å². The number of nitrogens with zero attached hydrogens (tertiary/aromatic N) is 2. The van der Waals surface area contributed by atoms with E-state index in [2.05, 4.69) is 10.3 Å². The lowest BCUT2D eigenvalue weighted by atomic mass is 9.99. The summed E-state index contributed by atoms with van der Waals surface area (Å²) in [6, 6.07) is 4.91. The van der Waals surface area contributed by atoms with E-state index in [9.17, 15) is 14.7 Å². The minimum atomic E-state index is -1.22. The molecule has 2 rings (SSSR count). The van der Waals surface area contributed by atoms with E-state index in [1.54, 1.807) is 6.92 Å². The Morgan fingerprint density at radius 2 is 2.30 bits per heavy atom. The van der Waals surface area contributed by atoms with Crippen LogP contribution in [0.3, 0.4) is 0 Å². The molecule has 0 saturated carbocycles. The highest BCUT2D eigenvalue weighted by Crippen LogP contribution is 2.28. The first-order valence-corrected chi connectivity index (χ1v) is 7.15. The number of nitriles is 1.